The summed E-state index contributed by atoms with van der Waals surface area (Å²) in [6.45, 7) is 2.99. The monoisotopic (exact) mass is 254 g/mol. The van der Waals surface area contributed by atoms with Crippen molar-refractivity contribution in [1.82, 2.24) is 10.6 Å². The van der Waals surface area contributed by atoms with Crippen LogP contribution in [0.25, 0.3) is 0 Å². The predicted molar refractivity (Wildman–Crippen MR) is 71.5 cm³/mol. The van der Waals surface area contributed by atoms with Crippen LogP contribution in [0, 0.1) is 0 Å². The molecule has 0 radical (unpaired) electrons. The number of hydrogen-bond donors (Lipinski definition) is 2. The standard InChI is InChI=1S/C14H26N2O2/c17-14(7-6-13-5-1-2-11-18-13)16-12-4-3-9-15-10-8-12/h12-13,15H,1-11H2,(H,16,17). The van der Waals surface area contributed by atoms with Crippen LogP contribution in [0.5, 0.6) is 0 Å². The molecule has 2 rings (SSSR count). The van der Waals surface area contributed by atoms with Crippen molar-refractivity contribution in [3.63, 3.8) is 0 Å². The summed E-state index contributed by atoms with van der Waals surface area (Å²) in [5, 5.41) is 6.53. The van der Waals surface area contributed by atoms with E-state index < -0.39 is 0 Å². The minimum Gasteiger partial charge on any atom is -0.378 e. The van der Waals surface area contributed by atoms with Crippen LogP contribution in [0.1, 0.15) is 51.4 Å². The third kappa shape index (κ3) is 4.94. The van der Waals surface area contributed by atoms with E-state index in [1.54, 1.807) is 0 Å². The minimum absolute atomic E-state index is 0.205. The largest absolute Gasteiger partial charge is 0.378 e. The molecule has 0 aromatic carbocycles. The van der Waals surface area contributed by atoms with Crippen LogP contribution in [0.2, 0.25) is 0 Å². The molecule has 4 nitrogen and oxygen atoms in total. The number of rotatable bonds is 4. The fourth-order valence-corrected chi connectivity index (χ4v) is 2.79. The van der Waals surface area contributed by atoms with Crippen LogP contribution in [-0.2, 0) is 9.53 Å². The second-order valence-electron chi connectivity index (χ2n) is 5.47. The Morgan fingerprint density at radius 1 is 1.17 bits per heavy atom. The molecule has 4 heteroatoms. The Kier molecular flexibility index (Phi) is 5.94. The Morgan fingerprint density at radius 2 is 2.11 bits per heavy atom. The molecule has 2 fully saturated rings. The average molecular weight is 254 g/mol. The number of ether oxygens (including phenoxy) is 1. The molecule has 2 saturated heterocycles. The van der Waals surface area contributed by atoms with Gasteiger partial charge in [-0.3, -0.25) is 4.79 Å². The number of hydrogen-bond acceptors (Lipinski definition) is 3. The number of nitrogens with one attached hydrogen (secondary N) is 2. The van der Waals surface area contributed by atoms with Gasteiger partial charge in [0.1, 0.15) is 0 Å². The molecule has 2 aliphatic heterocycles. The topological polar surface area (TPSA) is 50.4 Å². The summed E-state index contributed by atoms with van der Waals surface area (Å²) in [4.78, 5) is 11.9. The molecule has 0 aliphatic carbocycles. The Morgan fingerprint density at radius 3 is 2.94 bits per heavy atom. The highest BCUT2D eigenvalue weighted by molar-refractivity contribution is 5.76. The van der Waals surface area contributed by atoms with Crippen molar-refractivity contribution in [2.75, 3.05) is 19.7 Å². The third-order valence-corrected chi connectivity index (χ3v) is 3.91. The van der Waals surface area contributed by atoms with Crippen LogP contribution in [-0.4, -0.2) is 37.7 Å². The van der Waals surface area contributed by atoms with Crippen molar-refractivity contribution in [2.45, 2.75) is 63.5 Å². The van der Waals surface area contributed by atoms with Gasteiger partial charge in [-0.25, -0.2) is 0 Å². The summed E-state index contributed by atoms with van der Waals surface area (Å²) in [5.41, 5.74) is 0. The lowest BCUT2D eigenvalue weighted by molar-refractivity contribution is -0.122. The van der Waals surface area contributed by atoms with Gasteiger partial charge in [0, 0.05) is 19.1 Å². The van der Waals surface area contributed by atoms with Crippen molar-refractivity contribution in [1.29, 1.82) is 0 Å². The zero-order valence-electron chi connectivity index (χ0n) is 11.2. The third-order valence-electron chi connectivity index (χ3n) is 3.91. The molecular weight excluding hydrogens is 228 g/mol. The van der Waals surface area contributed by atoms with Gasteiger partial charge in [0.05, 0.1) is 6.10 Å². The molecule has 0 aromatic heterocycles. The van der Waals surface area contributed by atoms with E-state index in [0.717, 1.165) is 51.8 Å². The zero-order chi connectivity index (χ0) is 12.6. The van der Waals surface area contributed by atoms with Crippen LogP contribution in [0.4, 0.5) is 0 Å². The van der Waals surface area contributed by atoms with E-state index in [-0.39, 0.29) is 5.91 Å². The van der Waals surface area contributed by atoms with E-state index in [1.165, 1.54) is 12.8 Å². The van der Waals surface area contributed by atoms with Gasteiger partial charge in [-0.05, 0) is 58.0 Å². The normalized spacial score (nSPS) is 29.6. The summed E-state index contributed by atoms with van der Waals surface area (Å²) < 4.78 is 5.65. The first-order valence-corrected chi connectivity index (χ1v) is 7.46. The maximum Gasteiger partial charge on any atom is 0.220 e. The number of amides is 1. The van der Waals surface area contributed by atoms with E-state index in [1.807, 2.05) is 0 Å². The van der Waals surface area contributed by atoms with Crippen LogP contribution in [0.3, 0.4) is 0 Å². The number of carbonyl (C=O) groups excluding carboxylic acids is 1. The highest BCUT2D eigenvalue weighted by Crippen LogP contribution is 2.17. The van der Waals surface area contributed by atoms with Gasteiger partial charge >= 0.3 is 0 Å². The molecular formula is C14H26N2O2. The first kappa shape index (κ1) is 13.8. The van der Waals surface area contributed by atoms with E-state index >= 15 is 0 Å². The fraction of sp³-hybridized carbons (Fsp3) is 0.929. The molecule has 2 atom stereocenters. The summed E-state index contributed by atoms with van der Waals surface area (Å²) in [5.74, 6) is 0.205. The zero-order valence-corrected chi connectivity index (χ0v) is 11.2. The Balaban J connectivity index is 1.61. The molecule has 2 heterocycles. The fourth-order valence-electron chi connectivity index (χ4n) is 2.79. The Hall–Kier alpha value is -0.610. The Labute approximate surface area is 110 Å². The quantitative estimate of drug-likeness (QED) is 0.801. The van der Waals surface area contributed by atoms with Crippen molar-refractivity contribution in [3.05, 3.63) is 0 Å². The van der Waals surface area contributed by atoms with Gasteiger partial charge in [-0.1, -0.05) is 0 Å². The number of carbonyl (C=O) groups is 1. The van der Waals surface area contributed by atoms with Gasteiger partial charge in [-0.15, -0.1) is 0 Å². The second kappa shape index (κ2) is 7.74. The molecule has 0 bridgehead atoms. The maximum absolute atomic E-state index is 11.9. The van der Waals surface area contributed by atoms with Crippen molar-refractivity contribution < 1.29 is 9.53 Å². The SMILES string of the molecule is O=C(CCC1CCCCO1)NC1CCCNCC1. The molecule has 0 aromatic rings. The van der Waals surface area contributed by atoms with Crippen molar-refractivity contribution in [2.24, 2.45) is 0 Å². The molecule has 18 heavy (non-hydrogen) atoms. The lowest BCUT2D eigenvalue weighted by Crippen LogP contribution is -2.36. The van der Waals surface area contributed by atoms with E-state index in [4.69, 9.17) is 4.74 Å². The van der Waals surface area contributed by atoms with Gasteiger partial charge < -0.3 is 15.4 Å². The highest BCUT2D eigenvalue weighted by Gasteiger charge is 2.17. The average Bonchev–Trinajstić information content (AvgIpc) is 2.66. The van der Waals surface area contributed by atoms with Gasteiger partial charge in [0.2, 0.25) is 5.91 Å². The van der Waals surface area contributed by atoms with E-state index in [0.29, 0.717) is 18.6 Å². The van der Waals surface area contributed by atoms with Gasteiger partial charge in [0.25, 0.3) is 0 Å². The van der Waals surface area contributed by atoms with E-state index in [2.05, 4.69) is 10.6 Å². The van der Waals surface area contributed by atoms with Crippen LogP contribution >= 0.6 is 0 Å². The van der Waals surface area contributed by atoms with Crippen molar-refractivity contribution >= 4 is 5.91 Å². The molecule has 1 amide bonds. The van der Waals surface area contributed by atoms with Gasteiger partial charge in [-0.2, -0.15) is 0 Å². The molecule has 2 N–H and O–H groups in total. The summed E-state index contributed by atoms with van der Waals surface area (Å²) in [6, 6.07) is 0.375. The molecule has 2 unspecified atom stereocenters. The molecule has 104 valence electrons. The minimum atomic E-state index is 0.205. The Bertz CT molecular complexity index is 244. The molecule has 2 aliphatic rings. The second-order valence-corrected chi connectivity index (χ2v) is 5.47. The van der Waals surface area contributed by atoms with Gasteiger partial charge in [0.15, 0.2) is 0 Å². The first-order chi connectivity index (χ1) is 8.84. The van der Waals surface area contributed by atoms with Crippen LogP contribution < -0.4 is 10.6 Å². The lowest BCUT2D eigenvalue weighted by atomic mass is 10.0. The smallest absolute Gasteiger partial charge is 0.220 e. The summed E-state index contributed by atoms with van der Waals surface area (Å²) in [6.07, 6.45) is 8.71. The van der Waals surface area contributed by atoms with Crippen molar-refractivity contribution in [3.8, 4) is 0 Å². The summed E-state index contributed by atoms with van der Waals surface area (Å²) >= 11 is 0. The first-order valence-electron chi connectivity index (χ1n) is 7.46. The van der Waals surface area contributed by atoms with E-state index in [9.17, 15) is 4.79 Å². The lowest BCUT2D eigenvalue weighted by Gasteiger charge is -2.23. The molecule has 0 saturated carbocycles. The molecule has 0 spiro atoms. The maximum atomic E-state index is 11.9. The van der Waals surface area contributed by atoms with Crippen LogP contribution in [0.15, 0.2) is 0 Å². The highest BCUT2D eigenvalue weighted by atomic mass is 16.5. The predicted octanol–water partition coefficient (Wildman–Crippen LogP) is 1.59. The summed E-state index contributed by atoms with van der Waals surface area (Å²) in [7, 11) is 0.